The Balaban J connectivity index is 3.30. The minimum atomic E-state index is 0.345. The highest BCUT2D eigenvalue weighted by molar-refractivity contribution is 5.53. The Hall–Kier alpha value is -0.330. The van der Waals surface area contributed by atoms with E-state index in [1.54, 1.807) is 0 Å². The van der Waals surface area contributed by atoms with Crippen LogP contribution in [0.5, 0.6) is 0 Å². The van der Waals surface area contributed by atoms with Gasteiger partial charge in [0.1, 0.15) is 6.29 Å². The van der Waals surface area contributed by atoms with Crippen LogP contribution in [0.2, 0.25) is 0 Å². The number of unbranched alkanes of at least 4 members (excludes halogenated alkanes) is 9. The van der Waals surface area contributed by atoms with Crippen molar-refractivity contribution in [2.24, 2.45) is 5.92 Å². The lowest BCUT2D eigenvalue weighted by atomic mass is 9.95. The van der Waals surface area contributed by atoms with Crippen molar-refractivity contribution in [2.45, 2.75) is 97.3 Å². The molecular formula is C17H34O. The summed E-state index contributed by atoms with van der Waals surface area (Å²) in [6, 6.07) is 0. The molecule has 0 aromatic heterocycles. The van der Waals surface area contributed by atoms with Crippen molar-refractivity contribution in [3.63, 3.8) is 0 Å². The van der Waals surface area contributed by atoms with Gasteiger partial charge >= 0.3 is 0 Å². The highest BCUT2D eigenvalue weighted by Gasteiger charge is 2.06. The Bertz CT molecular complexity index is 165. The van der Waals surface area contributed by atoms with E-state index in [4.69, 9.17) is 0 Å². The third kappa shape index (κ3) is 12.1. The summed E-state index contributed by atoms with van der Waals surface area (Å²) in [7, 11) is 0. The van der Waals surface area contributed by atoms with Crippen molar-refractivity contribution >= 4 is 6.29 Å². The van der Waals surface area contributed by atoms with Crippen LogP contribution in [-0.4, -0.2) is 6.29 Å². The number of aldehydes is 1. The molecule has 1 atom stereocenters. The first-order chi connectivity index (χ1) is 8.85. The fourth-order valence-electron chi connectivity index (χ4n) is 2.48. The van der Waals surface area contributed by atoms with Gasteiger partial charge in [-0.15, -0.1) is 0 Å². The molecule has 0 spiro atoms. The lowest BCUT2D eigenvalue weighted by Gasteiger charge is -2.09. The number of rotatable bonds is 14. The van der Waals surface area contributed by atoms with Crippen LogP contribution >= 0.6 is 0 Å². The molecule has 0 saturated carbocycles. The summed E-state index contributed by atoms with van der Waals surface area (Å²) in [6.07, 6.45) is 18.0. The summed E-state index contributed by atoms with van der Waals surface area (Å²) in [4.78, 5) is 11.0. The minimum Gasteiger partial charge on any atom is -0.303 e. The maximum absolute atomic E-state index is 11.0. The van der Waals surface area contributed by atoms with Crippen LogP contribution in [-0.2, 0) is 4.79 Å². The van der Waals surface area contributed by atoms with Gasteiger partial charge in [-0.3, -0.25) is 0 Å². The van der Waals surface area contributed by atoms with Crippen LogP contribution in [0, 0.1) is 5.92 Å². The van der Waals surface area contributed by atoms with E-state index in [1.165, 1.54) is 76.9 Å². The Morgan fingerprint density at radius 1 is 0.667 bits per heavy atom. The number of carbonyl (C=O) groups is 1. The fraction of sp³-hybridized carbons (Fsp3) is 0.941. The molecule has 18 heavy (non-hydrogen) atoms. The minimum absolute atomic E-state index is 0.345. The molecule has 0 aliphatic heterocycles. The van der Waals surface area contributed by atoms with Crippen molar-refractivity contribution in [3.05, 3.63) is 0 Å². The zero-order chi connectivity index (χ0) is 13.5. The van der Waals surface area contributed by atoms with Gasteiger partial charge < -0.3 is 4.79 Å². The lowest BCUT2D eigenvalue weighted by molar-refractivity contribution is -0.111. The summed E-state index contributed by atoms with van der Waals surface area (Å²) >= 11 is 0. The molecule has 0 radical (unpaired) electrons. The zero-order valence-electron chi connectivity index (χ0n) is 12.8. The molecule has 0 aliphatic rings. The smallest absolute Gasteiger partial charge is 0.123 e. The van der Waals surface area contributed by atoms with E-state index < -0.39 is 0 Å². The Kier molecular flexibility index (Phi) is 14.5. The van der Waals surface area contributed by atoms with E-state index >= 15 is 0 Å². The van der Waals surface area contributed by atoms with Gasteiger partial charge in [0.2, 0.25) is 0 Å². The van der Waals surface area contributed by atoms with Crippen LogP contribution in [0.15, 0.2) is 0 Å². The van der Waals surface area contributed by atoms with E-state index in [2.05, 4.69) is 13.8 Å². The summed E-state index contributed by atoms with van der Waals surface area (Å²) < 4.78 is 0. The predicted molar refractivity (Wildman–Crippen MR) is 80.9 cm³/mol. The maximum Gasteiger partial charge on any atom is 0.123 e. The molecule has 0 fully saturated rings. The third-order valence-corrected chi connectivity index (χ3v) is 3.80. The SMILES string of the molecule is CCCCCCCCCC(C=O)CCCCCC. The second kappa shape index (κ2) is 14.7. The normalized spacial score (nSPS) is 12.6. The summed E-state index contributed by atoms with van der Waals surface area (Å²) in [6.45, 7) is 4.49. The van der Waals surface area contributed by atoms with Gasteiger partial charge in [0.25, 0.3) is 0 Å². The van der Waals surface area contributed by atoms with Crippen molar-refractivity contribution < 1.29 is 4.79 Å². The first kappa shape index (κ1) is 17.7. The van der Waals surface area contributed by atoms with E-state index in [0.717, 1.165) is 12.8 Å². The predicted octanol–water partition coefficient (Wildman–Crippen LogP) is 5.91. The molecule has 0 bridgehead atoms. The summed E-state index contributed by atoms with van der Waals surface area (Å²) in [5, 5.41) is 0. The summed E-state index contributed by atoms with van der Waals surface area (Å²) in [5.41, 5.74) is 0. The first-order valence-electron chi connectivity index (χ1n) is 8.30. The van der Waals surface area contributed by atoms with Crippen molar-refractivity contribution in [3.8, 4) is 0 Å². The standard InChI is InChI=1S/C17H34O/c1-3-5-7-9-10-11-13-15-17(16-18)14-12-8-6-4-2/h16-17H,3-15H2,1-2H3. The van der Waals surface area contributed by atoms with Crippen LogP contribution in [0.3, 0.4) is 0 Å². The van der Waals surface area contributed by atoms with Crippen molar-refractivity contribution in [2.75, 3.05) is 0 Å². The largest absolute Gasteiger partial charge is 0.303 e. The van der Waals surface area contributed by atoms with Crippen molar-refractivity contribution in [1.29, 1.82) is 0 Å². The highest BCUT2D eigenvalue weighted by atomic mass is 16.1. The zero-order valence-corrected chi connectivity index (χ0v) is 12.8. The van der Waals surface area contributed by atoms with Crippen LogP contribution in [0.25, 0.3) is 0 Å². The lowest BCUT2D eigenvalue weighted by Crippen LogP contribution is -2.02. The van der Waals surface area contributed by atoms with Gasteiger partial charge in [-0.05, 0) is 12.8 Å². The second-order valence-electron chi connectivity index (χ2n) is 5.66. The third-order valence-electron chi connectivity index (χ3n) is 3.80. The average Bonchev–Trinajstić information content (AvgIpc) is 2.40. The summed E-state index contributed by atoms with van der Waals surface area (Å²) in [5.74, 6) is 0.345. The molecule has 0 aliphatic carbocycles. The first-order valence-corrected chi connectivity index (χ1v) is 8.30. The Morgan fingerprint density at radius 2 is 1.06 bits per heavy atom. The molecule has 1 heteroatoms. The number of carbonyl (C=O) groups excluding carboxylic acids is 1. The van der Waals surface area contributed by atoms with Gasteiger partial charge in [0, 0.05) is 5.92 Å². The van der Waals surface area contributed by atoms with Crippen LogP contribution in [0.1, 0.15) is 97.3 Å². The molecule has 108 valence electrons. The molecule has 1 unspecified atom stereocenters. The van der Waals surface area contributed by atoms with Gasteiger partial charge in [-0.25, -0.2) is 0 Å². The molecule has 1 nitrogen and oxygen atoms in total. The molecule has 0 saturated heterocycles. The van der Waals surface area contributed by atoms with E-state index in [0.29, 0.717) is 5.92 Å². The van der Waals surface area contributed by atoms with Gasteiger partial charge in [-0.1, -0.05) is 84.5 Å². The van der Waals surface area contributed by atoms with Gasteiger partial charge in [0.05, 0.1) is 0 Å². The fourth-order valence-corrected chi connectivity index (χ4v) is 2.48. The number of hydrogen-bond acceptors (Lipinski definition) is 1. The van der Waals surface area contributed by atoms with E-state index in [1.807, 2.05) is 0 Å². The highest BCUT2D eigenvalue weighted by Crippen LogP contribution is 2.17. The van der Waals surface area contributed by atoms with E-state index in [9.17, 15) is 4.79 Å². The molecule has 0 rings (SSSR count). The average molecular weight is 254 g/mol. The monoisotopic (exact) mass is 254 g/mol. The quantitative estimate of drug-likeness (QED) is 0.278. The van der Waals surface area contributed by atoms with Crippen LogP contribution < -0.4 is 0 Å². The molecule has 0 aromatic rings. The molecule has 0 heterocycles. The molecule has 0 amide bonds. The topological polar surface area (TPSA) is 17.1 Å². The molecule has 0 N–H and O–H groups in total. The van der Waals surface area contributed by atoms with Gasteiger partial charge in [0.15, 0.2) is 0 Å². The Morgan fingerprint density at radius 3 is 1.50 bits per heavy atom. The Labute approximate surface area is 115 Å². The van der Waals surface area contributed by atoms with Crippen molar-refractivity contribution in [1.82, 2.24) is 0 Å². The second-order valence-corrected chi connectivity index (χ2v) is 5.66. The maximum atomic E-state index is 11.0. The van der Waals surface area contributed by atoms with E-state index in [-0.39, 0.29) is 0 Å². The van der Waals surface area contributed by atoms with Gasteiger partial charge in [-0.2, -0.15) is 0 Å². The number of hydrogen-bond donors (Lipinski definition) is 0. The molecule has 0 aromatic carbocycles. The van der Waals surface area contributed by atoms with Crippen LogP contribution in [0.4, 0.5) is 0 Å². The molecular weight excluding hydrogens is 220 g/mol.